The van der Waals surface area contributed by atoms with Crippen molar-refractivity contribution in [3.63, 3.8) is 0 Å². The van der Waals surface area contributed by atoms with Crippen LogP contribution >= 0.6 is 27.7 Å². The van der Waals surface area contributed by atoms with Crippen LogP contribution in [0.1, 0.15) is 6.92 Å². The van der Waals surface area contributed by atoms with Crippen LogP contribution in [0.2, 0.25) is 0 Å². The Balaban J connectivity index is 1.95. The van der Waals surface area contributed by atoms with E-state index in [0.29, 0.717) is 11.4 Å². The van der Waals surface area contributed by atoms with E-state index in [0.717, 1.165) is 21.1 Å². The van der Waals surface area contributed by atoms with Crippen molar-refractivity contribution in [1.82, 2.24) is 0 Å². The van der Waals surface area contributed by atoms with Gasteiger partial charge in [0.2, 0.25) is 5.91 Å². The molecule has 2 aromatic rings. The van der Waals surface area contributed by atoms with Crippen molar-refractivity contribution >= 4 is 56.1 Å². The molecule has 1 fully saturated rings. The van der Waals surface area contributed by atoms with E-state index < -0.39 is 11.3 Å². The Labute approximate surface area is 151 Å². The zero-order valence-electron chi connectivity index (χ0n) is 12.7. The molecule has 0 aromatic heterocycles. The molecule has 1 aliphatic rings. The molecule has 7 heteroatoms. The van der Waals surface area contributed by atoms with E-state index in [9.17, 15) is 14.4 Å². The molecule has 3 amide bonds. The molecule has 0 spiro atoms. The van der Waals surface area contributed by atoms with Gasteiger partial charge in [0.05, 0.1) is 5.69 Å². The lowest BCUT2D eigenvalue weighted by atomic mass is 10.2. The standard InChI is InChI=1S/C17H13BrN2O3S/c1-11(21)19(14-9-7-12(18)8-10-14)16-15(22)20(17(23)24-16)13-5-3-2-4-6-13/h2-10,16H,1H3/t16-/m0/s1. The zero-order valence-corrected chi connectivity index (χ0v) is 15.1. The van der Waals surface area contributed by atoms with Gasteiger partial charge in [0, 0.05) is 17.1 Å². The number of carbonyl (C=O) groups excluding carboxylic acids is 3. The third-order valence-corrected chi connectivity index (χ3v) is 5.07. The first kappa shape index (κ1) is 16.7. The Morgan fingerprint density at radius 2 is 1.71 bits per heavy atom. The van der Waals surface area contributed by atoms with Crippen LogP contribution in [0, 0.1) is 0 Å². The maximum Gasteiger partial charge on any atom is 0.295 e. The van der Waals surface area contributed by atoms with Crippen LogP contribution in [0.4, 0.5) is 16.2 Å². The summed E-state index contributed by atoms with van der Waals surface area (Å²) in [7, 11) is 0. The Morgan fingerprint density at radius 1 is 1.08 bits per heavy atom. The molecular weight excluding hydrogens is 392 g/mol. The number of para-hydroxylation sites is 1. The van der Waals surface area contributed by atoms with Crippen LogP contribution in [0.3, 0.4) is 0 Å². The molecule has 0 N–H and O–H groups in total. The first-order valence-electron chi connectivity index (χ1n) is 7.14. The van der Waals surface area contributed by atoms with E-state index in [-0.39, 0.29) is 11.1 Å². The highest BCUT2D eigenvalue weighted by Crippen LogP contribution is 2.36. The lowest BCUT2D eigenvalue weighted by Crippen LogP contribution is -2.44. The number of imide groups is 1. The average molecular weight is 405 g/mol. The fourth-order valence-electron chi connectivity index (χ4n) is 2.46. The van der Waals surface area contributed by atoms with Crippen LogP contribution in [0.5, 0.6) is 0 Å². The van der Waals surface area contributed by atoms with Gasteiger partial charge in [-0.05, 0) is 48.2 Å². The number of rotatable bonds is 3. The molecule has 5 nitrogen and oxygen atoms in total. The summed E-state index contributed by atoms with van der Waals surface area (Å²) < 4.78 is 0.863. The van der Waals surface area contributed by atoms with E-state index >= 15 is 0 Å². The van der Waals surface area contributed by atoms with Gasteiger partial charge in [-0.25, -0.2) is 4.90 Å². The number of benzene rings is 2. The van der Waals surface area contributed by atoms with Gasteiger partial charge >= 0.3 is 0 Å². The fourth-order valence-corrected chi connectivity index (χ4v) is 3.79. The topological polar surface area (TPSA) is 57.7 Å². The SMILES string of the molecule is CC(=O)N(c1ccc(Br)cc1)[C@H]1SC(=O)N(c2ccccc2)C1=O. The van der Waals surface area contributed by atoms with Crippen molar-refractivity contribution in [1.29, 1.82) is 0 Å². The number of hydrogen-bond donors (Lipinski definition) is 0. The van der Waals surface area contributed by atoms with Gasteiger partial charge in [0.25, 0.3) is 11.1 Å². The second-order valence-electron chi connectivity index (χ2n) is 5.11. The van der Waals surface area contributed by atoms with Gasteiger partial charge in [-0.2, -0.15) is 0 Å². The minimum atomic E-state index is -0.906. The van der Waals surface area contributed by atoms with E-state index in [2.05, 4.69) is 15.9 Å². The minimum absolute atomic E-state index is 0.300. The second kappa shape index (κ2) is 6.78. The predicted octanol–water partition coefficient (Wildman–Crippen LogP) is 4.03. The monoisotopic (exact) mass is 404 g/mol. The molecule has 0 radical (unpaired) electrons. The third-order valence-electron chi connectivity index (χ3n) is 3.52. The maximum atomic E-state index is 12.8. The minimum Gasteiger partial charge on any atom is -0.290 e. The Kier molecular flexibility index (Phi) is 4.73. The summed E-state index contributed by atoms with van der Waals surface area (Å²) in [6, 6.07) is 15.7. The van der Waals surface area contributed by atoms with Crippen LogP contribution < -0.4 is 9.80 Å². The van der Waals surface area contributed by atoms with E-state index in [1.165, 1.54) is 11.8 Å². The van der Waals surface area contributed by atoms with Gasteiger partial charge in [0.15, 0.2) is 5.37 Å². The number of anilines is 2. The van der Waals surface area contributed by atoms with Crippen LogP contribution in [0.15, 0.2) is 59.1 Å². The molecule has 0 bridgehead atoms. The lowest BCUT2D eigenvalue weighted by Gasteiger charge is -2.25. The van der Waals surface area contributed by atoms with Gasteiger partial charge in [0.1, 0.15) is 0 Å². The first-order valence-corrected chi connectivity index (χ1v) is 8.81. The van der Waals surface area contributed by atoms with Crippen LogP contribution in [-0.2, 0) is 9.59 Å². The van der Waals surface area contributed by atoms with Gasteiger partial charge in [-0.15, -0.1) is 0 Å². The normalized spacial score (nSPS) is 17.2. The van der Waals surface area contributed by atoms with Crippen LogP contribution in [-0.4, -0.2) is 22.4 Å². The zero-order chi connectivity index (χ0) is 17.3. The second-order valence-corrected chi connectivity index (χ2v) is 7.06. The Bertz CT molecular complexity index is 795. The van der Waals surface area contributed by atoms with Crippen molar-refractivity contribution in [2.75, 3.05) is 9.80 Å². The summed E-state index contributed by atoms with van der Waals surface area (Å²) in [5, 5.41) is -1.30. The molecule has 0 saturated carbocycles. The summed E-state index contributed by atoms with van der Waals surface area (Å²) in [5.74, 6) is -0.722. The van der Waals surface area contributed by atoms with Gasteiger partial charge in [-0.3, -0.25) is 19.3 Å². The average Bonchev–Trinajstić information content (AvgIpc) is 2.84. The van der Waals surface area contributed by atoms with Gasteiger partial charge in [-0.1, -0.05) is 34.1 Å². The smallest absolute Gasteiger partial charge is 0.290 e. The molecule has 1 saturated heterocycles. The van der Waals surface area contributed by atoms with E-state index in [4.69, 9.17) is 0 Å². The summed E-state index contributed by atoms with van der Waals surface area (Å²) >= 11 is 4.18. The molecule has 0 aliphatic carbocycles. The first-order chi connectivity index (χ1) is 11.5. The molecule has 122 valence electrons. The number of nitrogens with zero attached hydrogens (tertiary/aromatic N) is 2. The maximum absolute atomic E-state index is 12.8. The van der Waals surface area contributed by atoms with Crippen LogP contribution in [0.25, 0.3) is 0 Å². The Morgan fingerprint density at radius 3 is 2.29 bits per heavy atom. The summed E-state index contributed by atoms with van der Waals surface area (Å²) in [6.45, 7) is 1.38. The molecule has 24 heavy (non-hydrogen) atoms. The molecule has 0 unspecified atom stereocenters. The highest BCUT2D eigenvalue weighted by atomic mass is 79.9. The molecule has 2 aromatic carbocycles. The predicted molar refractivity (Wildman–Crippen MR) is 98.0 cm³/mol. The van der Waals surface area contributed by atoms with Crippen molar-refractivity contribution in [3.05, 3.63) is 59.1 Å². The summed E-state index contributed by atoms with van der Waals surface area (Å²) in [5.41, 5.74) is 1.07. The van der Waals surface area contributed by atoms with Crippen molar-refractivity contribution < 1.29 is 14.4 Å². The molecular formula is C17H13BrN2O3S. The quantitative estimate of drug-likeness (QED) is 0.774. The summed E-state index contributed by atoms with van der Waals surface area (Å²) in [6.07, 6.45) is 0. The molecule has 1 atom stereocenters. The molecule has 3 rings (SSSR count). The Hall–Kier alpha value is -2.12. The van der Waals surface area contributed by atoms with E-state index in [1.54, 1.807) is 48.5 Å². The van der Waals surface area contributed by atoms with Crippen molar-refractivity contribution in [3.8, 4) is 0 Å². The van der Waals surface area contributed by atoms with E-state index in [1.807, 2.05) is 6.07 Å². The lowest BCUT2D eigenvalue weighted by molar-refractivity contribution is -0.121. The number of thioether (sulfide) groups is 1. The van der Waals surface area contributed by atoms with Crippen molar-refractivity contribution in [2.24, 2.45) is 0 Å². The highest BCUT2D eigenvalue weighted by Gasteiger charge is 2.45. The van der Waals surface area contributed by atoms with Crippen molar-refractivity contribution in [2.45, 2.75) is 12.3 Å². The number of carbonyl (C=O) groups is 3. The summed E-state index contributed by atoms with van der Waals surface area (Å²) in [4.78, 5) is 39.7. The van der Waals surface area contributed by atoms with Gasteiger partial charge < -0.3 is 0 Å². The fraction of sp³-hybridized carbons (Fsp3) is 0.118. The largest absolute Gasteiger partial charge is 0.295 e. The molecule has 1 aliphatic heterocycles. The number of halogens is 1. The molecule has 1 heterocycles. The number of amides is 3. The third kappa shape index (κ3) is 3.09. The highest BCUT2D eigenvalue weighted by molar-refractivity contribution is 9.10. The number of hydrogen-bond acceptors (Lipinski definition) is 4.